The Labute approximate surface area is 135 Å². The molecule has 0 aliphatic carbocycles. The number of carbonyl (C=O) groups is 2. The molecule has 120 valence electrons. The van der Waals surface area contributed by atoms with Gasteiger partial charge in [0.2, 0.25) is 0 Å². The van der Waals surface area contributed by atoms with E-state index in [9.17, 15) is 9.59 Å². The summed E-state index contributed by atoms with van der Waals surface area (Å²) in [6.07, 6.45) is 1.62. The number of aromatic nitrogens is 1. The number of para-hydroxylation sites is 1. The first-order valence-corrected chi connectivity index (χ1v) is 7.24. The Hall–Kier alpha value is -2.89. The minimum absolute atomic E-state index is 0.272. The summed E-state index contributed by atoms with van der Waals surface area (Å²) in [7, 11) is 3.62. The van der Waals surface area contributed by atoms with Crippen molar-refractivity contribution < 1.29 is 14.3 Å². The number of hydrogen-bond donors (Lipinski definition) is 1. The molecule has 0 saturated carbocycles. The van der Waals surface area contributed by atoms with Gasteiger partial charge in [-0.3, -0.25) is 4.79 Å². The summed E-state index contributed by atoms with van der Waals surface area (Å²) in [4.78, 5) is 30.5. The van der Waals surface area contributed by atoms with Gasteiger partial charge in [-0.1, -0.05) is 12.1 Å². The molecule has 1 amide bonds. The van der Waals surface area contributed by atoms with Crippen LogP contribution >= 0.6 is 0 Å². The first-order chi connectivity index (χ1) is 11.0. The van der Waals surface area contributed by atoms with E-state index in [0.717, 1.165) is 0 Å². The number of rotatable bonds is 5. The molecule has 0 radical (unpaired) electrons. The first kappa shape index (κ1) is 16.5. The van der Waals surface area contributed by atoms with Gasteiger partial charge in [0, 0.05) is 20.3 Å². The van der Waals surface area contributed by atoms with E-state index in [-0.39, 0.29) is 12.5 Å². The van der Waals surface area contributed by atoms with Crippen LogP contribution in [-0.2, 0) is 4.74 Å². The van der Waals surface area contributed by atoms with Crippen molar-refractivity contribution in [3.05, 3.63) is 53.7 Å². The van der Waals surface area contributed by atoms with Gasteiger partial charge in [-0.15, -0.1) is 0 Å². The highest BCUT2D eigenvalue weighted by molar-refractivity contribution is 6.10. The summed E-state index contributed by atoms with van der Waals surface area (Å²) >= 11 is 0. The molecule has 0 aliphatic heterocycles. The number of pyridine rings is 1. The fourth-order valence-electron chi connectivity index (χ4n) is 2.10. The fraction of sp³-hybridized carbons (Fsp3) is 0.235. The van der Waals surface area contributed by atoms with Gasteiger partial charge < -0.3 is 15.0 Å². The summed E-state index contributed by atoms with van der Waals surface area (Å²) in [6, 6.07) is 10.1. The van der Waals surface area contributed by atoms with E-state index in [2.05, 4.69) is 10.3 Å². The molecule has 0 unspecified atom stereocenters. The predicted molar refractivity (Wildman–Crippen MR) is 88.9 cm³/mol. The van der Waals surface area contributed by atoms with Gasteiger partial charge in [0.15, 0.2) is 0 Å². The minimum Gasteiger partial charge on any atom is -0.462 e. The fourth-order valence-corrected chi connectivity index (χ4v) is 2.10. The van der Waals surface area contributed by atoms with Crippen molar-refractivity contribution in [1.29, 1.82) is 0 Å². The standard InChI is InChI=1S/C17H19N3O3/c1-4-23-17(22)12-8-5-6-10-14(12)19-16(21)13-9-7-11-18-15(13)20(2)3/h5-11H,4H2,1-3H3,(H,19,21). The average molecular weight is 313 g/mol. The summed E-state index contributed by atoms with van der Waals surface area (Å²) in [5, 5.41) is 2.75. The Kier molecular flexibility index (Phi) is 5.30. The number of hydrogen-bond acceptors (Lipinski definition) is 5. The van der Waals surface area contributed by atoms with Gasteiger partial charge in [-0.25, -0.2) is 9.78 Å². The lowest BCUT2D eigenvalue weighted by Gasteiger charge is -2.16. The molecular formula is C17H19N3O3. The molecule has 1 aromatic heterocycles. The van der Waals surface area contributed by atoms with Crippen molar-refractivity contribution in [1.82, 2.24) is 4.98 Å². The lowest BCUT2D eigenvalue weighted by molar-refractivity contribution is 0.0527. The maximum absolute atomic E-state index is 12.5. The van der Waals surface area contributed by atoms with Crippen LogP contribution in [0.1, 0.15) is 27.6 Å². The molecule has 0 bridgehead atoms. The zero-order valence-corrected chi connectivity index (χ0v) is 13.4. The van der Waals surface area contributed by atoms with E-state index in [4.69, 9.17) is 4.74 Å². The molecule has 6 nitrogen and oxygen atoms in total. The molecule has 1 heterocycles. The minimum atomic E-state index is -0.470. The molecule has 23 heavy (non-hydrogen) atoms. The monoisotopic (exact) mass is 313 g/mol. The highest BCUT2D eigenvalue weighted by Gasteiger charge is 2.17. The number of carbonyl (C=O) groups excluding carboxylic acids is 2. The highest BCUT2D eigenvalue weighted by atomic mass is 16.5. The number of benzene rings is 1. The second kappa shape index (κ2) is 7.40. The van der Waals surface area contributed by atoms with Gasteiger partial charge in [-0.2, -0.15) is 0 Å². The van der Waals surface area contributed by atoms with Crippen LogP contribution in [0.5, 0.6) is 0 Å². The predicted octanol–water partition coefficient (Wildman–Crippen LogP) is 2.58. The third-order valence-corrected chi connectivity index (χ3v) is 3.13. The molecule has 2 aromatic rings. The van der Waals surface area contributed by atoms with Crippen molar-refractivity contribution in [3.8, 4) is 0 Å². The largest absolute Gasteiger partial charge is 0.462 e. The molecular weight excluding hydrogens is 294 g/mol. The van der Waals surface area contributed by atoms with E-state index in [1.54, 1.807) is 54.4 Å². The van der Waals surface area contributed by atoms with Crippen molar-refractivity contribution >= 4 is 23.4 Å². The molecule has 6 heteroatoms. The van der Waals surface area contributed by atoms with Crippen LogP contribution in [0.3, 0.4) is 0 Å². The molecule has 2 rings (SSSR count). The third-order valence-electron chi connectivity index (χ3n) is 3.13. The maximum atomic E-state index is 12.5. The quantitative estimate of drug-likeness (QED) is 0.859. The Bertz CT molecular complexity index is 714. The number of nitrogens with one attached hydrogen (secondary N) is 1. The lowest BCUT2D eigenvalue weighted by atomic mass is 10.1. The first-order valence-electron chi connectivity index (χ1n) is 7.24. The number of amides is 1. The van der Waals surface area contributed by atoms with E-state index >= 15 is 0 Å². The van der Waals surface area contributed by atoms with Crippen molar-refractivity contribution in [3.63, 3.8) is 0 Å². The maximum Gasteiger partial charge on any atom is 0.340 e. The van der Waals surface area contributed by atoms with Gasteiger partial charge in [0.05, 0.1) is 23.4 Å². The molecule has 0 saturated heterocycles. The summed E-state index contributed by atoms with van der Waals surface area (Å²) in [5.41, 5.74) is 1.15. The number of ether oxygens (including phenoxy) is 1. The van der Waals surface area contributed by atoms with Crippen molar-refractivity contribution in [2.24, 2.45) is 0 Å². The number of esters is 1. The van der Waals surface area contributed by atoms with Crippen molar-refractivity contribution in [2.75, 3.05) is 30.9 Å². The van der Waals surface area contributed by atoms with E-state index in [0.29, 0.717) is 22.6 Å². The zero-order valence-electron chi connectivity index (χ0n) is 13.4. The number of anilines is 2. The Balaban J connectivity index is 2.30. The van der Waals surface area contributed by atoms with Gasteiger partial charge >= 0.3 is 5.97 Å². The summed E-state index contributed by atoms with van der Waals surface area (Å²) in [6.45, 7) is 2.01. The number of nitrogens with zero attached hydrogens (tertiary/aromatic N) is 2. The molecule has 1 aromatic carbocycles. The van der Waals surface area contributed by atoms with E-state index in [1.165, 1.54) is 0 Å². The summed E-state index contributed by atoms with van der Waals surface area (Å²) < 4.78 is 5.01. The van der Waals surface area contributed by atoms with Crippen LogP contribution in [0.4, 0.5) is 11.5 Å². The van der Waals surface area contributed by atoms with Crippen LogP contribution in [-0.4, -0.2) is 37.6 Å². The van der Waals surface area contributed by atoms with Crippen LogP contribution in [0.15, 0.2) is 42.6 Å². The molecule has 0 atom stereocenters. The second-order valence-corrected chi connectivity index (χ2v) is 4.99. The zero-order chi connectivity index (χ0) is 16.8. The molecule has 0 fully saturated rings. The van der Waals surface area contributed by atoms with Gasteiger partial charge in [-0.05, 0) is 31.2 Å². The van der Waals surface area contributed by atoms with E-state index < -0.39 is 5.97 Å². The lowest BCUT2D eigenvalue weighted by Crippen LogP contribution is -2.20. The average Bonchev–Trinajstić information content (AvgIpc) is 2.55. The van der Waals surface area contributed by atoms with Gasteiger partial charge in [0.25, 0.3) is 5.91 Å². The third kappa shape index (κ3) is 3.85. The van der Waals surface area contributed by atoms with Crippen LogP contribution in [0.25, 0.3) is 0 Å². The normalized spacial score (nSPS) is 10.0. The second-order valence-electron chi connectivity index (χ2n) is 4.99. The van der Waals surface area contributed by atoms with Crippen LogP contribution in [0, 0.1) is 0 Å². The van der Waals surface area contributed by atoms with Crippen molar-refractivity contribution in [2.45, 2.75) is 6.92 Å². The van der Waals surface area contributed by atoms with Crippen LogP contribution in [0.2, 0.25) is 0 Å². The SMILES string of the molecule is CCOC(=O)c1ccccc1NC(=O)c1cccnc1N(C)C. The molecule has 0 aliphatic rings. The molecule has 1 N–H and O–H groups in total. The summed E-state index contributed by atoms with van der Waals surface area (Å²) in [5.74, 6) is -0.250. The Morgan fingerprint density at radius 2 is 1.83 bits per heavy atom. The van der Waals surface area contributed by atoms with Crippen LogP contribution < -0.4 is 10.2 Å². The van der Waals surface area contributed by atoms with Gasteiger partial charge in [0.1, 0.15) is 5.82 Å². The highest BCUT2D eigenvalue weighted by Crippen LogP contribution is 2.20. The smallest absolute Gasteiger partial charge is 0.340 e. The Morgan fingerprint density at radius 1 is 1.13 bits per heavy atom. The molecule has 0 spiro atoms. The Morgan fingerprint density at radius 3 is 2.52 bits per heavy atom. The van der Waals surface area contributed by atoms with E-state index in [1.807, 2.05) is 14.1 Å². The topological polar surface area (TPSA) is 71.5 Å².